The van der Waals surface area contributed by atoms with Crippen molar-refractivity contribution in [3.63, 3.8) is 0 Å². The van der Waals surface area contributed by atoms with Crippen LogP contribution in [0, 0.1) is 0 Å². The van der Waals surface area contributed by atoms with Gasteiger partial charge in [0.1, 0.15) is 0 Å². The van der Waals surface area contributed by atoms with Crippen molar-refractivity contribution >= 4 is 5.69 Å². The van der Waals surface area contributed by atoms with Crippen LogP contribution in [0.25, 0.3) is 0 Å². The zero-order valence-corrected chi connectivity index (χ0v) is 12.6. The number of rotatable bonds is 3. The second-order valence-electron chi connectivity index (χ2n) is 6.78. The van der Waals surface area contributed by atoms with Gasteiger partial charge in [0.25, 0.3) is 0 Å². The Balaban J connectivity index is 1.98. The fourth-order valence-corrected chi connectivity index (χ4v) is 3.14. The Morgan fingerprint density at radius 3 is 2.26 bits per heavy atom. The molecule has 1 heterocycles. The molecule has 0 bridgehead atoms. The Morgan fingerprint density at radius 2 is 1.68 bits per heavy atom. The molecule has 0 spiro atoms. The quantitative estimate of drug-likeness (QED) is 0.851. The molecule has 1 aliphatic heterocycles. The van der Waals surface area contributed by atoms with E-state index in [9.17, 15) is 0 Å². The van der Waals surface area contributed by atoms with E-state index in [4.69, 9.17) is 10.5 Å². The van der Waals surface area contributed by atoms with Gasteiger partial charge >= 0.3 is 0 Å². The number of hydrogen-bond donors (Lipinski definition) is 1. The molecular weight excluding hydrogens is 236 g/mol. The van der Waals surface area contributed by atoms with Crippen LogP contribution in [0.3, 0.4) is 0 Å². The van der Waals surface area contributed by atoms with Crippen molar-refractivity contribution in [2.24, 2.45) is 0 Å². The van der Waals surface area contributed by atoms with Gasteiger partial charge in [0.2, 0.25) is 0 Å². The highest BCUT2D eigenvalue weighted by molar-refractivity contribution is 5.46. The van der Waals surface area contributed by atoms with E-state index in [-0.39, 0.29) is 11.2 Å². The predicted molar refractivity (Wildman–Crippen MR) is 80.2 cm³/mol. The summed E-state index contributed by atoms with van der Waals surface area (Å²) in [7, 11) is 0. The van der Waals surface area contributed by atoms with Gasteiger partial charge in [-0.2, -0.15) is 0 Å². The van der Waals surface area contributed by atoms with E-state index >= 15 is 0 Å². The highest BCUT2D eigenvalue weighted by atomic mass is 16.5. The van der Waals surface area contributed by atoms with E-state index in [0.29, 0.717) is 0 Å². The van der Waals surface area contributed by atoms with Crippen LogP contribution in [0.2, 0.25) is 0 Å². The largest absolute Gasteiger partial charge is 0.399 e. The van der Waals surface area contributed by atoms with Gasteiger partial charge in [0, 0.05) is 25.3 Å². The summed E-state index contributed by atoms with van der Waals surface area (Å²) >= 11 is 0. The SMILES string of the molecule is CC1(C)CN(CCc2ccccc2N)CC(C)(C)O1. The lowest BCUT2D eigenvalue weighted by Crippen LogP contribution is -2.57. The summed E-state index contributed by atoms with van der Waals surface area (Å²) in [5.41, 5.74) is 7.98. The zero-order valence-electron chi connectivity index (χ0n) is 12.6. The van der Waals surface area contributed by atoms with Crippen LogP contribution < -0.4 is 5.73 Å². The molecule has 0 aliphatic carbocycles. The molecule has 2 rings (SSSR count). The smallest absolute Gasteiger partial charge is 0.0760 e. The molecular formula is C16H26N2O. The Bertz CT molecular complexity index is 424. The van der Waals surface area contributed by atoms with E-state index in [1.165, 1.54) is 5.56 Å². The number of para-hydroxylation sites is 1. The lowest BCUT2D eigenvalue weighted by molar-refractivity contribution is -0.180. The molecule has 0 radical (unpaired) electrons. The van der Waals surface area contributed by atoms with Crippen LogP contribution in [0.5, 0.6) is 0 Å². The highest BCUT2D eigenvalue weighted by Crippen LogP contribution is 2.28. The maximum absolute atomic E-state index is 6.10. The van der Waals surface area contributed by atoms with E-state index in [2.05, 4.69) is 44.7 Å². The Kier molecular flexibility index (Phi) is 3.88. The van der Waals surface area contributed by atoms with Gasteiger partial charge in [-0.15, -0.1) is 0 Å². The summed E-state index contributed by atoms with van der Waals surface area (Å²) in [4.78, 5) is 2.48. The first-order chi connectivity index (χ1) is 8.77. The molecule has 106 valence electrons. The first-order valence-corrected chi connectivity index (χ1v) is 7.03. The molecule has 1 aromatic carbocycles. The van der Waals surface area contributed by atoms with E-state index < -0.39 is 0 Å². The van der Waals surface area contributed by atoms with Gasteiger partial charge in [-0.1, -0.05) is 18.2 Å². The third-order valence-electron chi connectivity index (χ3n) is 3.51. The van der Waals surface area contributed by atoms with Crippen molar-refractivity contribution in [3.8, 4) is 0 Å². The van der Waals surface area contributed by atoms with Crippen LogP contribution >= 0.6 is 0 Å². The molecule has 0 aromatic heterocycles. The van der Waals surface area contributed by atoms with Crippen molar-refractivity contribution in [1.82, 2.24) is 4.90 Å². The Labute approximate surface area is 116 Å². The van der Waals surface area contributed by atoms with Gasteiger partial charge < -0.3 is 10.5 Å². The molecule has 1 saturated heterocycles. The predicted octanol–water partition coefficient (Wildman–Crippen LogP) is 2.70. The minimum atomic E-state index is -0.0794. The van der Waals surface area contributed by atoms with Crippen molar-refractivity contribution in [3.05, 3.63) is 29.8 Å². The first-order valence-electron chi connectivity index (χ1n) is 7.03. The maximum atomic E-state index is 6.10. The fraction of sp³-hybridized carbons (Fsp3) is 0.625. The number of ether oxygens (including phenoxy) is 1. The minimum absolute atomic E-state index is 0.0794. The summed E-state index contributed by atoms with van der Waals surface area (Å²) in [5.74, 6) is 0. The molecule has 19 heavy (non-hydrogen) atoms. The lowest BCUT2D eigenvalue weighted by Gasteiger charge is -2.47. The minimum Gasteiger partial charge on any atom is -0.399 e. The Hall–Kier alpha value is -1.06. The van der Waals surface area contributed by atoms with Crippen molar-refractivity contribution < 1.29 is 4.74 Å². The van der Waals surface area contributed by atoms with Crippen molar-refractivity contribution in [1.29, 1.82) is 0 Å². The maximum Gasteiger partial charge on any atom is 0.0760 e. The summed E-state index contributed by atoms with van der Waals surface area (Å²) in [6.45, 7) is 11.6. The average Bonchev–Trinajstić information content (AvgIpc) is 2.23. The van der Waals surface area contributed by atoms with Crippen LogP contribution in [0.4, 0.5) is 5.69 Å². The number of nitrogens with zero attached hydrogens (tertiary/aromatic N) is 1. The molecule has 0 amide bonds. The molecule has 0 saturated carbocycles. The van der Waals surface area contributed by atoms with Crippen LogP contribution in [0.1, 0.15) is 33.3 Å². The molecule has 3 nitrogen and oxygen atoms in total. The molecule has 0 atom stereocenters. The summed E-state index contributed by atoms with van der Waals surface area (Å²) in [5, 5.41) is 0. The first kappa shape index (κ1) is 14.4. The Morgan fingerprint density at radius 1 is 1.11 bits per heavy atom. The molecule has 0 unspecified atom stereocenters. The van der Waals surface area contributed by atoms with Crippen LogP contribution in [-0.4, -0.2) is 35.7 Å². The van der Waals surface area contributed by atoms with E-state index in [1.54, 1.807) is 0 Å². The van der Waals surface area contributed by atoms with E-state index in [0.717, 1.165) is 31.7 Å². The van der Waals surface area contributed by atoms with Crippen LogP contribution in [-0.2, 0) is 11.2 Å². The van der Waals surface area contributed by atoms with E-state index in [1.807, 2.05) is 12.1 Å². The van der Waals surface area contributed by atoms with Crippen molar-refractivity contribution in [2.75, 3.05) is 25.4 Å². The monoisotopic (exact) mass is 262 g/mol. The number of anilines is 1. The topological polar surface area (TPSA) is 38.5 Å². The second kappa shape index (κ2) is 5.14. The molecule has 1 aromatic rings. The lowest BCUT2D eigenvalue weighted by atomic mass is 9.98. The number of hydrogen-bond acceptors (Lipinski definition) is 3. The number of morpholine rings is 1. The number of nitrogens with two attached hydrogens (primary N) is 1. The molecule has 1 fully saturated rings. The fourth-order valence-electron chi connectivity index (χ4n) is 3.14. The zero-order chi connectivity index (χ0) is 14.1. The number of benzene rings is 1. The average molecular weight is 262 g/mol. The molecule has 1 aliphatic rings. The van der Waals surface area contributed by atoms with Gasteiger partial charge in [-0.05, 0) is 45.7 Å². The standard InChI is InChI=1S/C16H26N2O/c1-15(2)11-18(12-16(3,4)19-15)10-9-13-7-5-6-8-14(13)17/h5-8H,9-12,17H2,1-4H3. The van der Waals surface area contributed by atoms with Crippen molar-refractivity contribution in [2.45, 2.75) is 45.3 Å². The second-order valence-corrected chi connectivity index (χ2v) is 6.78. The van der Waals surface area contributed by atoms with Gasteiger partial charge in [-0.25, -0.2) is 0 Å². The van der Waals surface area contributed by atoms with Crippen LogP contribution in [0.15, 0.2) is 24.3 Å². The van der Waals surface area contributed by atoms with Gasteiger partial charge in [0.05, 0.1) is 11.2 Å². The summed E-state index contributed by atoms with van der Waals surface area (Å²) in [6, 6.07) is 8.13. The number of nitrogen functional groups attached to an aromatic ring is 1. The summed E-state index contributed by atoms with van der Waals surface area (Å²) < 4.78 is 6.10. The molecule has 2 N–H and O–H groups in total. The third-order valence-corrected chi connectivity index (χ3v) is 3.51. The highest BCUT2D eigenvalue weighted by Gasteiger charge is 2.37. The third kappa shape index (κ3) is 3.95. The van der Waals surface area contributed by atoms with Gasteiger partial charge in [0.15, 0.2) is 0 Å². The van der Waals surface area contributed by atoms with Gasteiger partial charge in [-0.3, -0.25) is 4.90 Å². The normalized spacial score (nSPS) is 22.3. The summed E-state index contributed by atoms with van der Waals surface area (Å²) in [6.07, 6.45) is 0.999. The molecule has 3 heteroatoms.